The molecule has 5 nitrogen and oxygen atoms in total. The first-order chi connectivity index (χ1) is 9.67. The van der Waals surface area contributed by atoms with Gasteiger partial charge in [-0.25, -0.2) is 0 Å². The molecule has 0 fully saturated rings. The molecule has 1 unspecified atom stereocenters. The van der Waals surface area contributed by atoms with Crippen molar-refractivity contribution in [3.63, 3.8) is 0 Å². The van der Waals surface area contributed by atoms with Gasteiger partial charge in [0.1, 0.15) is 5.84 Å². The second kappa shape index (κ2) is 6.45. The number of allylic oxidation sites excluding steroid dienone is 2. The van der Waals surface area contributed by atoms with E-state index in [4.69, 9.17) is 17.0 Å². The van der Waals surface area contributed by atoms with Gasteiger partial charge in [-0.15, -0.1) is 6.58 Å². The van der Waals surface area contributed by atoms with Gasteiger partial charge < -0.3 is 10.4 Å². The highest BCUT2D eigenvalue weighted by atomic mass is 35.5. The maximum Gasteiger partial charge on any atom is 0.258 e. The van der Waals surface area contributed by atoms with Gasteiger partial charge in [-0.3, -0.25) is 15.1 Å². The zero-order valence-electron chi connectivity index (χ0n) is 12.8. The Morgan fingerprint density at radius 2 is 2.19 bits per heavy atom. The van der Waals surface area contributed by atoms with Gasteiger partial charge in [0.05, 0.1) is 5.03 Å². The number of hydrogen-bond donors (Lipinski definition) is 3. The second-order valence-corrected chi connectivity index (χ2v) is 6.00. The molecule has 1 aliphatic heterocycles. The van der Waals surface area contributed by atoms with E-state index in [-0.39, 0.29) is 21.9 Å². The van der Waals surface area contributed by atoms with E-state index in [9.17, 15) is 9.90 Å². The maximum absolute atomic E-state index is 12.0. The van der Waals surface area contributed by atoms with Gasteiger partial charge in [-0.1, -0.05) is 31.5 Å². The van der Waals surface area contributed by atoms with Crippen LogP contribution in [-0.2, 0) is 4.79 Å². The Kier molecular flexibility index (Phi) is 5.36. The van der Waals surface area contributed by atoms with Gasteiger partial charge >= 0.3 is 0 Å². The highest BCUT2D eigenvalue weighted by molar-refractivity contribution is 6.34. The number of amidine groups is 1. The molecule has 3 N–H and O–H groups in total. The van der Waals surface area contributed by atoms with Gasteiger partial charge in [0.15, 0.2) is 6.23 Å². The average Bonchev–Trinajstić information content (AvgIpc) is 2.60. The van der Waals surface area contributed by atoms with Crippen LogP contribution in [0.5, 0.6) is 0 Å². The van der Waals surface area contributed by atoms with E-state index in [0.717, 1.165) is 10.6 Å². The van der Waals surface area contributed by atoms with Crippen molar-refractivity contribution in [2.24, 2.45) is 5.41 Å². The third-order valence-electron chi connectivity index (χ3n) is 3.56. The zero-order chi connectivity index (χ0) is 16.4. The molecule has 1 aliphatic rings. The van der Waals surface area contributed by atoms with Crippen LogP contribution in [-0.4, -0.2) is 35.0 Å². The molecule has 1 atom stereocenters. The minimum absolute atomic E-state index is 0.0644. The first-order valence-electron chi connectivity index (χ1n) is 6.64. The third kappa shape index (κ3) is 3.36. The minimum Gasteiger partial charge on any atom is -0.391 e. The van der Waals surface area contributed by atoms with Crippen molar-refractivity contribution in [2.75, 3.05) is 7.05 Å². The normalized spacial score (nSPS) is 20.1. The Labute approximate surface area is 130 Å². The Bertz CT molecular complexity index is 535. The lowest BCUT2D eigenvalue weighted by Crippen LogP contribution is -2.40. The molecule has 0 aromatic rings. The number of aliphatic hydroxyl groups excluding tert-OH is 1. The van der Waals surface area contributed by atoms with Crippen molar-refractivity contribution in [3.05, 3.63) is 35.0 Å². The summed E-state index contributed by atoms with van der Waals surface area (Å²) in [7, 11) is 1.75. The van der Waals surface area contributed by atoms with Crippen LogP contribution in [0.4, 0.5) is 0 Å². The molecule has 0 radical (unpaired) electrons. The van der Waals surface area contributed by atoms with Crippen LogP contribution in [0, 0.1) is 10.8 Å². The molecule has 116 valence electrons. The molecule has 1 rings (SSSR count). The molecule has 0 bridgehead atoms. The van der Waals surface area contributed by atoms with Crippen LogP contribution >= 0.6 is 11.6 Å². The van der Waals surface area contributed by atoms with Crippen molar-refractivity contribution in [3.8, 4) is 0 Å². The number of halogens is 1. The first kappa shape index (κ1) is 17.5. The summed E-state index contributed by atoms with van der Waals surface area (Å²) in [6.07, 6.45) is 2.76. The molecular weight excluding hydrogens is 290 g/mol. The third-order valence-corrected chi connectivity index (χ3v) is 4.04. The molecule has 0 aliphatic carbocycles. The van der Waals surface area contributed by atoms with E-state index >= 15 is 0 Å². The zero-order valence-corrected chi connectivity index (χ0v) is 13.6. The SMILES string of the molecule is C=CCC(C)(C)/C(=C/C(=N)N1C(=O)C(C)=C(Cl)C1O)NC. The standard InChI is InChI=1S/C15H22ClN3O2/c1-6-7-15(3,4)10(18-5)8-11(17)19-13(20)9(2)12(16)14(19)21/h6,8,14,17-18,21H,1,7H2,2-5H3/b10-8-,17-11?. The molecule has 6 heteroatoms. The Morgan fingerprint density at radius 1 is 1.62 bits per heavy atom. The Balaban J connectivity index is 3.07. The fourth-order valence-corrected chi connectivity index (χ4v) is 2.40. The molecule has 21 heavy (non-hydrogen) atoms. The molecule has 1 amide bonds. The fourth-order valence-electron chi connectivity index (χ4n) is 2.23. The summed E-state index contributed by atoms with van der Waals surface area (Å²) >= 11 is 5.88. The molecule has 1 heterocycles. The number of carbonyl (C=O) groups is 1. The summed E-state index contributed by atoms with van der Waals surface area (Å²) in [6.45, 7) is 9.27. The van der Waals surface area contributed by atoms with Gasteiger partial charge in [-0.05, 0) is 13.3 Å². The van der Waals surface area contributed by atoms with Gasteiger partial charge in [0, 0.05) is 29.8 Å². The van der Waals surface area contributed by atoms with E-state index in [1.165, 1.54) is 13.0 Å². The van der Waals surface area contributed by atoms with E-state index in [0.29, 0.717) is 6.42 Å². The number of nitrogens with one attached hydrogen (secondary N) is 2. The summed E-state index contributed by atoms with van der Waals surface area (Å²) < 4.78 is 0. The smallest absolute Gasteiger partial charge is 0.258 e. The van der Waals surface area contributed by atoms with Crippen molar-refractivity contribution in [2.45, 2.75) is 33.4 Å². The second-order valence-electron chi connectivity index (χ2n) is 5.59. The maximum atomic E-state index is 12.0. The highest BCUT2D eigenvalue weighted by Gasteiger charge is 2.37. The number of amides is 1. The number of carbonyl (C=O) groups excluding carboxylic acids is 1. The topological polar surface area (TPSA) is 76.4 Å². The van der Waals surface area contributed by atoms with Crippen molar-refractivity contribution in [1.82, 2.24) is 10.2 Å². The summed E-state index contributed by atoms with van der Waals surface area (Å²) in [5.41, 5.74) is 0.773. The van der Waals surface area contributed by atoms with Crippen molar-refractivity contribution >= 4 is 23.3 Å². The van der Waals surface area contributed by atoms with E-state index < -0.39 is 12.1 Å². The van der Waals surface area contributed by atoms with Crippen LogP contribution in [0.25, 0.3) is 0 Å². The van der Waals surface area contributed by atoms with Crippen molar-refractivity contribution in [1.29, 1.82) is 5.41 Å². The van der Waals surface area contributed by atoms with Crippen LogP contribution in [0.15, 0.2) is 35.0 Å². The quantitative estimate of drug-likeness (QED) is 0.414. The van der Waals surface area contributed by atoms with Crippen LogP contribution < -0.4 is 5.32 Å². The molecular formula is C15H22ClN3O2. The fraction of sp³-hybridized carbons (Fsp3) is 0.467. The van der Waals surface area contributed by atoms with Gasteiger partial charge in [0.2, 0.25) is 0 Å². The largest absolute Gasteiger partial charge is 0.391 e. The predicted octanol–water partition coefficient (Wildman–Crippen LogP) is 2.34. The first-order valence-corrected chi connectivity index (χ1v) is 7.02. The summed E-state index contributed by atoms with van der Waals surface area (Å²) in [6, 6.07) is 0. The number of aliphatic hydroxyl groups is 1. The molecule has 0 saturated heterocycles. The van der Waals surface area contributed by atoms with E-state index in [2.05, 4.69) is 11.9 Å². The molecule has 0 aromatic carbocycles. The molecule has 0 spiro atoms. The predicted molar refractivity (Wildman–Crippen MR) is 84.9 cm³/mol. The highest BCUT2D eigenvalue weighted by Crippen LogP contribution is 2.31. The van der Waals surface area contributed by atoms with E-state index in [1.54, 1.807) is 13.1 Å². The lowest BCUT2D eigenvalue weighted by Gasteiger charge is -2.28. The van der Waals surface area contributed by atoms with Crippen LogP contribution in [0.2, 0.25) is 0 Å². The number of hydrogen-bond acceptors (Lipinski definition) is 4. The molecule has 0 saturated carbocycles. The summed E-state index contributed by atoms with van der Waals surface area (Å²) in [5, 5.41) is 21.2. The minimum atomic E-state index is -1.29. The average molecular weight is 312 g/mol. The van der Waals surface area contributed by atoms with Crippen molar-refractivity contribution < 1.29 is 9.90 Å². The monoisotopic (exact) mass is 311 g/mol. The van der Waals surface area contributed by atoms with Gasteiger partial charge in [0.25, 0.3) is 5.91 Å². The molecule has 0 aromatic heterocycles. The number of rotatable bonds is 5. The van der Waals surface area contributed by atoms with Crippen LogP contribution in [0.3, 0.4) is 0 Å². The Hall–Kier alpha value is -1.59. The Morgan fingerprint density at radius 3 is 2.57 bits per heavy atom. The summed E-state index contributed by atoms with van der Waals surface area (Å²) in [5.74, 6) is -0.560. The lowest BCUT2D eigenvalue weighted by molar-refractivity contribution is -0.126. The van der Waals surface area contributed by atoms with E-state index in [1.807, 2.05) is 13.8 Å². The van der Waals surface area contributed by atoms with Gasteiger partial charge in [-0.2, -0.15) is 0 Å². The summed E-state index contributed by atoms with van der Waals surface area (Å²) in [4.78, 5) is 13.0. The lowest BCUT2D eigenvalue weighted by atomic mass is 9.85. The number of nitrogens with zero attached hydrogens (tertiary/aromatic N) is 1. The van der Waals surface area contributed by atoms with Crippen LogP contribution in [0.1, 0.15) is 27.2 Å².